The molecule has 1 heterocycles. The summed E-state index contributed by atoms with van der Waals surface area (Å²) in [6.07, 6.45) is 1.37. The van der Waals surface area contributed by atoms with E-state index in [1.165, 1.54) is 56.7 Å². The molecule has 0 saturated carbocycles. The fourth-order valence-electron chi connectivity index (χ4n) is 2.92. The van der Waals surface area contributed by atoms with Gasteiger partial charge in [-0.25, -0.2) is 4.79 Å². The molecule has 10 nitrogen and oxygen atoms in total. The van der Waals surface area contributed by atoms with E-state index in [1.54, 1.807) is 6.92 Å². The molecule has 0 bridgehead atoms. The van der Waals surface area contributed by atoms with E-state index < -0.39 is 16.8 Å². The van der Waals surface area contributed by atoms with Crippen molar-refractivity contribution in [3.8, 4) is 11.5 Å². The summed E-state index contributed by atoms with van der Waals surface area (Å²) in [6, 6.07) is 8.27. The molecule has 2 aromatic rings. The summed E-state index contributed by atoms with van der Waals surface area (Å²) in [5.41, 5.74) is 0.847. The van der Waals surface area contributed by atoms with Crippen molar-refractivity contribution in [3.05, 3.63) is 63.2 Å². The fourth-order valence-corrected chi connectivity index (χ4v) is 2.92. The number of hydrogen-bond acceptors (Lipinski definition) is 7. The molecule has 3 rings (SSSR count). The number of hydrogen-bond donors (Lipinski definition) is 1. The quantitative estimate of drug-likeness (QED) is 0.439. The maximum atomic E-state index is 12.9. The predicted molar refractivity (Wildman–Crippen MR) is 108 cm³/mol. The summed E-state index contributed by atoms with van der Waals surface area (Å²) in [4.78, 5) is 34.8. The third kappa shape index (κ3) is 3.70. The number of benzene rings is 2. The highest BCUT2D eigenvalue weighted by Crippen LogP contribution is 2.36. The number of nitrogens with zero attached hydrogens (tertiary/aromatic N) is 3. The first-order chi connectivity index (χ1) is 14.3. The Balaban J connectivity index is 2.03. The number of carbonyl (C=O) groups is 2. The molecule has 1 aliphatic heterocycles. The fraction of sp³-hybridized carbons (Fsp3) is 0.150. The molecule has 1 N–H and O–H groups in total. The van der Waals surface area contributed by atoms with Crippen LogP contribution >= 0.6 is 0 Å². The maximum Gasteiger partial charge on any atom is 0.335 e. The van der Waals surface area contributed by atoms with Gasteiger partial charge in [-0.05, 0) is 43.3 Å². The molecule has 1 aliphatic rings. The number of ether oxygens (including phenoxy) is 2. The average molecular weight is 411 g/mol. The zero-order valence-corrected chi connectivity index (χ0v) is 16.3. The second-order valence-corrected chi connectivity index (χ2v) is 6.24. The molecular formula is C20H17N3O7. The number of hydrazone groups is 1. The van der Waals surface area contributed by atoms with Crippen LogP contribution in [0, 0.1) is 10.1 Å². The van der Waals surface area contributed by atoms with Crippen molar-refractivity contribution in [2.75, 3.05) is 19.2 Å². The van der Waals surface area contributed by atoms with Gasteiger partial charge in [-0.3, -0.25) is 14.9 Å². The molecule has 30 heavy (non-hydrogen) atoms. The number of carbonyl (C=O) groups excluding carboxylic acids is 1. The molecule has 0 unspecified atom stereocenters. The van der Waals surface area contributed by atoms with Crippen molar-refractivity contribution in [1.82, 2.24) is 0 Å². The van der Waals surface area contributed by atoms with E-state index >= 15 is 0 Å². The van der Waals surface area contributed by atoms with Gasteiger partial charge in [0.2, 0.25) is 0 Å². The van der Waals surface area contributed by atoms with Gasteiger partial charge in [0.1, 0.15) is 0 Å². The average Bonchev–Trinajstić information content (AvgIpc) is 3.01. The Morgan fingerprint density at radius 3 is 2.30 bits per heavy atom. The lowest BCUT2D eigenvalue weighted by Crippen LogP contribution is -2.21. The van der Waals surface area contributed by atoms with E-state index in [2.05, 4.69) is 5.10 Å². The molecular weight excluding hydrogens is 394 g/mol. The highest BCUT2D eigenvalue weighted by atomic mass is 16.6. The van der Waals surface area contributed by atoms with E-state index in [0.717, 1.165) is 5.01 Å². The number of carboxylic acids is 1. The molecule has 0 spiro atoms. The Kier molecular flexibility index (Phi) is 5.50. The Hall–Kier alpha value is -4.21. The second kappa shape index (κ2) is 8.03. The Morgan fingerprint density at radius 2 is 1.77 bits per heavy atom. The van der Waals surface area contributed by atoms with Gasteiger partial charge >= 0.3 is 5.97 Å². The lowest BCUT2D eigenvalue weighted by atomic mass is 10.0. The Bertz CT molecular complexity index is 1100. The summed E-state index contributed by atoms with van der Waals surface area (Å²) < 4.78 is 10.3. The number of nitro benzene ring substituents is 1. The van der Waals surface area contributed by atoms with Gasteiger partial charge in [-0.2, -0.15) is 10.1 Å². The van der Waals surface area contributed by atoms with Gasteiger partial charge in [0.15, 0.2) is 11.5 Å². The van der Waals surface area contributed by atoms with Crippen LogP contribution in [-0.4, -0.2) is 41.8 Å². The van der Waals surface area contributed by atoms with Crippen LogP contribution in [0.25, 0.3) is 6.08 Å². The summed E-state index contributed by atoms with van der Waals surface area (Å²) in [5, 5.41) is 25.8. The molecule has 0 aromatic heterocycles. The predicted octanol–water partition coefficient (Wildman–Crippen LogP) is 3.12. The van der Waals surface area contributed by atoms with E-state index in [9.17, 15) is 19.7 Å². The third-order valence-electron chi connectivity index (χ3n) is 4.45. The van der Waals surface area contributed by atoms with E-state index in [1.807, 2.05) is 0 Å². The van der Waals surface area contributed by atoms with Gasteiger partial charge in [-0.15, -0.1) is 0 Å². The summed E-state index contributed by atoms with van der Waals surface area (Å²) in [5.74, 6) is -1.12. The van der Waals surface area contributed by atoms with Crippen LogP contribution in [0.3, 0.4) is 0 Å². The summed E-state index contributed by atoms with van der Waals surface area (Å²) in [7, 11) is 2.76. The van der Waals surface area contributed by atoms with Crippen LogP contribution in [0.5, 0.6) is 11.5 Å². The lowest BCUT2D eigenvalue weighted by Gasteiger charge is -2.12. The molecule has 1 amide bonds. The SMILES string of the molecule is COc1cc(C=C2C(=O)N(c3ccc(C(=O)O)cc3)N=C2C)c([N+](=O)[O-])cc1OC. The number of amides is 1. The number of nitro groups is 1. The number of aromatic carboxylic acids is 1. The smallest absolute Gasteiger partial charge is 0.335 e. The van der Waals surface area contributed by atoms with Gasteiger partial charge in [0.05, 0.1) is 53.3 Å². The molecule has 0 fully saturated rings. The number of anilines is 1. The molecule has 2 aromatic carbocycles. The Labute approximate surface area is 170 Å². The van der Waals surface area contributed by atoms with Crippen molar-refractivity contribution in [2.24, 2.45) is 5.10 Å². The minimum atomic E-state index is -1.09. The Morgan fingerprint density at radius 1 is 1.17 bits per heavy atom. The molecule has 0 atom stereocenters. The van der Waals surface area contributed by atoms with Gasteiger partial charge in [-0.1, -0.05) is 0 Å². The largest absolute Gasteiger partial charge is 0.493 e. The second-order valence-electron chi connectivity index (χ2n) is 6.24. The first kappa shape index (κ1) is 20.5. The van der Waals surface area contributed by atoms with Crippen LogP contribution < -0.4 is 14.5 Å². The molecule has 10 heteroatoms. The van der Waals surface area contributed by atoms with Crippen LogP contribution in [0.1, 0.15) is 22.8 Å². The standard InChI is InChI=1S/C20H17N3O7/c1-11-15(8-13-9-17(29-2)18(30-3)10-16(13)23(27)28)19(24)22(21-11)14-6-4-12(5-7-14)20(25)26/h4-10H,1-3H3,(H,25,26). The van der Waals surface area contributed by atoms with Crippen molar-refractivity contribution >= 4 is 35.0 Å². The monoisotopic (exact) mass is 411 g/mol. The van der Waals surface area contributed by atoms with E-state index in [-0.39, 0.29) is 33.9 Å². The number of carboxylic acid groups (broad SMARTS) is 1. The zero-order chi connectivity index (χ0) is 22.0. The highest BCUT2D eigenvalue weighted by molar-refractivity contribution is 6.32. The summed E-state index contributed by atoms with van der Waals surface area (Å²) in [6.45, 7) is 1.60. The van der Waals surface area contributed by atoms with Crippen LogP contribution in [0.2, 0.25) is 0 Å². The van der Waals surface area contributed by atoms with Crippen molar-refractivity contribution in [3.63, 3.8) is 0 Å². The minimum absolute atomic E-state index is 0.0721. The van der Waals surface area contributed by atoms with Crippen LogP contribution in [0.4, 0.5) is 11.4 Å². The number of rotatable bonds is 6. The van der Waals surface area contributed by atoms with Crippen LogP contribution in [-0.2, 0) is 4.79 Å². The number of methoxy groups -OCH3 is 2. The zero-order valence-electron chi connectivity index (χ0n) is 16.3. The molecule has 0 radical (unpaired) electrons. The van der Waals surface area contributed by atoms with Gasteiger partial charge in [0.25, 0.3) is 11.6 Å². The van der Waals surface area contributed by atoms with Gasteiger partial charge in [0, 0.05) is 0 Å². The molecule has 0 aliphatic carbocycles. The van der Waals surface area contributed by atoms with Crippen LogP contribution in [0.15, 0.2) is 47.1 Å². The van der Waals surface area contributed by atoms with Gasteiger partial charge < -0.3 is 14.6 Å². The van der Waals surface area contributed by atoms with Crippen molar-refractivity contribution in [2.45, 2.75) is 6.92 Å². The van der Waals surface area contributed by atoms with E-state index in [0.29, 0.717) is 11.4 Å². The highest BCUT2D eigenvalue weighted by Gasteiger charge is 2.30. The maximum absolute atomic E-state index is 12.9. The molecule has 154 valence electrons. The topological polar surface area (TPSA) is 132 Å². The first-order valence-electron chi connectivity index (χ1n) is 8.62. The molecule has 0 saturated heterocycles. The van der Waals surface area contributed by atoms with E-state index in [4.69, 9.17) is 14.6 Å². The van der Waals surface area contributed by atoms with Crippen molar-refractivity contribution < 1.29 is 29.1 Å². The van der Waals surface area contributed by atoms with Crippen molar-refractivity contribution in [1.29, 1.82) is 0 Å². The normalized spacial score (nSPS) is 14.6. The first-order valence-corrected chi connectivity index (χ1v) is 8.62. The lowest BCUT2D eigenvalue weighted by molar-refractivity contribution is -0.385. The summed E-state index contributed by atoms with van der Waals surface area (Å²) >= 11 is 0. The third-order valence-corrected chi connectivity index (χ3v) is 4.45. The minimum Gasteiger partial charge on any atom is -0.493 e.